The van der Waals surface area contributed by atoms with Crippen LogP contribution in [0.3, 0.4) is 0 Å². The molecule has 2 heterocycles. The van der Waals surface area contributed by atoms with E-state index in [1.54, 1.807) is 30.5 Å². The smallest absolute Gasteiger partial charge is 0.320 e. The first-order valence-corrected chi connectivity index (χ1v) is 8.70. The van der Waals surface area contributed by atoms with Gasteiger partial charge in [-0.25, -0.2) is 4.79 Å². The normalized spacial score (nSPS) is 14.1. The van der Waals surface area contributed by atoms with Crippen molar-refractivity contribution < 1.29 is 14.3 Å². The molecular formula is C19H26Cl2N4O3. The highest BCUT2D eigenvalue weighted by Crippen LogP contribution is 2.15. The van der Waals surface area contributed by atoms with Crippen LogP contribution in [-0.2, 0) is 6.42 Å². The molecule has 0 saturated carbocycles. The molecule has 0 aliphatic carbocycles. The molecule has 0 radical (unpaired) electrons. The molecule has 1 aliphatic heterocycles. The number of ether oxygens (including phenoxy) is 2. The zero-order valence-corrected chi connectivity index (χ0v) is 17.3. The summed E-state index contributed by atoms with van der Waals surface area (Å²) in [5.41, 5.74) is 1.04. The van der Waals surface area contributed by atoms with Crippen molar-refractivity contribution in [3.05, 3.63) is 54.4 Å². The van der Waals surface area contributed by atoms with Crippen molar-refractivity contribution in [1.82, 2.24) is 20.5 Å². The van der Waals surface area contributed by atoms with Crippen molar-refractivity contribution in [2.75, 3.05) is 33.3 Å². The maximum absolute atomic E-state index is 12.6. The number of carbonyl (C=O) groups excluding carboxylic acids is 1. The second-order valence-electron chi connectivity index (χ2n) is 6.03. The SMILES string of the molecule is COc1ccc(CC(NC(=O)N2CCNCC2)Oc2cccnc2)cc1.Cl.Cl. The summed E-state index contributed by atoms with van der Waals surface area (Å²) in [6.45, 7) is 2.99. The minimum absolute atomic E-state index is 0. The van der Waals surface area contributed by atoms with Crippen LogP contribution >= 0.6 is 24.8 Å². The van der Waals surface area contributed by atoms with Crippen LogP contribution in [0.4, 0.5) is 4.79 Å². The predicted molar refractivity (Wildman–Crippen MR) is 113 cm³/mol. The Hall–Kier alpha value is -2.22. The van der Waals surface area contributed by atoms with Gasteiger partial charge < -0.3 is 25.0 Å². The highest BCUT2D eigenvalue weighted by molar-refractivity contribution is 5.85. The van der Waals surface area contributed by atoms with E-state index < -0.39 is 6.23 Å². The number of hydrogen-bond acceptors (Lipinski definition) is 5. The molecule has 1 saturated heterocycles. The number of hydrogen-bond donors (Lipinski definition) is 2. The molecule has 2 aromatic rings. The predicted octanol–water partition coefficient (Wildman–Crippen LogP) is 2.50. The molecule has 1 fully saturated rings. The summed E-state index contributed by atoms with van der Waals surface area (Å²) in [4.78, 5) is 18.4. The number of urea groups is 1. The van der Waals surface area contributed by atoms with Crippen LogP contribution in [0, 0.1) is 0 Å². The highest BCUT2D eigenvalue weighted by atomic mass is 35.5. The van der Waals surface area contributed by atoms with E-state index in [0.717, 1.165) is 24.4 Å². The molecular weight excluding hydrogens is 403 g/mol. The van der Waals surface area contributed by atoms with Gasteiger partial charge in [-0.15, -0.1) is 24.8 Å². The van der Waals surface area contributed by atoms with Gasteiger partial charge in [0.25, 0.3) is 0 Å². The van der Waals surface area contributed by atoms with Gasteiger partial charge in [0, 0.05) is 38.8 Å². The van der Waals surface area contributed by atoms with Crippen LogP contribution in [0.1, 0.15) is 5.56 Å². The van der Waals surface area contributed by atoms with Gasteiger partial charge in [0.15, 0.2) is 6.23 Å². The lowest BCUT2D eigenvalue weighted by Gasteiger charge is -2.30. The molecule has 1 aromatic heterocycles. The highest BCUT2D eigenvalue weighted by Gasteiger charge is 2.21. The maximum Gasteiger partial charge on any atom is 0.320 e. The van der Waals surface area contributed by atoms with Crippen molar-refractivity contribution in [2.45, 2.75) is 12.6 Å². The van der Waals surface area contributed by atoms with Gasteiger partial charge in [-0.3, -0.25) is 4.98 Å². The van der Waals surface area contributed by atoms with Crippen molar-refractivity contribution in [2.24, 2.45) is 0 Å². The van der Waals surface area contributed by atoms with Gasteiger partial charge in [-0.1, -0.05) is 12.1 Å². The van der Waals surface area contributed by atoms with Gasteiger partial charge >= 0.3 is 6.03 Å². The summed E-state index contributed by atoms with van der Waals surface area (Å²) >= 11 is 0. The van der Waals surface area contributed by atoms with Gasteiger partial charge in [-0.05, 0) is 29.8 Å². The van der Waals surface area contributed by atoms with Gasteiger partial charge in [-0.2, -0.15) is 0 Å². The average Bonchev–Trinajstić information content (AvgIpc) is 2.70. The lowest BCUT2D eigenvalue weighted by Crippen LogP contribution is -2.53. The molecule has 1 atom stereocenters. The monoisotopic (exact) mass is 428 g/mol. The summed E-state index contributed by atoms with van der Waals surface area (Å²) < 4.78 is 11.2. The van der Waals surface area contributed by atoms with Gasteiger partial charge in [0.05, 0.1) is 13.3 Å². The molecule has 0 spiro atoms. The standard InChI is InChI=1S/C19H24N4O3.2ClH/c1-25-16-6-4-15(5-7-16)13-18(26-17-3-2-8-21-14-17)22-19(24)23-11-9-20-10-12-23;;/h2-8,14,18,20H,9-13H2,1H3,(H,22,24);2*1H. The number of nitrogens with one attached hydrogen (secondary N) is 2. The third-order valence-electron chi connectivity index (χ3n) is 4.18. The van der Waals surface area contributed by atoms with E-state index in [-0.39, 0.29) is 30.8 Å². The molecule has 154 valence electrons. The Balaban J connectivity index is 0.00000196. The summed E-state index contributed by atoms with van der Waals surface area (Å²) in [5.74, 6) is 1.41. The fraction of sp³-hybridized carbons (Fsp3) is 0.368. The number of benzene rings is 1. The molecule has 2 N–H and O–H groups in total. The minimum Gasteiger partial charge on any atom is -0.497 e. The van der Waals surface area contributed by atoms with E-state index >= 15 is 0 Å². The number of rotatable bonds is 6. The third-order valence-corrected chi connectivity index (χ3v) is 4.18. The van der Waals surface area contributed by atoms with Crippen LogP contribution in [0.15, 0.2) is 48.8 Å². The molecule has 28 heavy (non-hydrogen) atoms. The largest absolute Gasteiger partial charge is 0.497 e. The first kappa shape index (κ1) is 23.8. The maximum atomic E-state index is 12.6. The van der Waals surface area contributed by atoms with Gasteiger partial charge in [0.2, 0.25) is 0 Å². The number of methoxy groups -OCH3 is 1. The van der Waals surface area contributed by atoms with Crippen LogP contribution in [0.5, 0.6) is 11.5 Å². The molecule has 1 aliphatic rings. The first-order chi connectivity index (χ1) is 12.7. The Morgan fingerprint density at radius 2 is 1.89 bits per heavy atom. The van der Waals surface area contributed by atoms with Crippen LogP contribution < -0.4 is 20.1 Å². The summed E-state index contributed by atoms with van der Waals surface area (Å²) in [7, 11) is 1.64. The number of nitrogens with zero attached hydrogens (tertiary/aromatic N) is 2. The Morgan fingerprint density at radius 1 is 1.18 bits per heavy atom. The van der Waals surface area contributed by atoms with Crippen LogP contribution in [0.25, 0.3) is 0 Å². The average molecular weight is 429 g/mol. The van der Waals surface area contributed by atoms with Gasteiger partial charge in [0.1, 0.15) is 11.5 Å². The number of aromatic nitrogens is 1. The number of piperazine rings is 1. The molecule has 0 bridgehead atoms. The Labute approximate surface area is 177 Å². The van der Waals surface area contributed by atoms with E-state index in [2.05, 4.69) is 15.6 Å². The fourth-order valence-corrected chi connectivity index (χ4v) is 2.78. The van der Waals surface area contributed by atoms with Crippen molar-refractivity contribution in [3.63, 3.8) is 0 Å². The number of pyridine rings is 1. The molecule has 9 heteroatoms. The van der Waals surface area contributed by atoms with E-state index in [0.29, 0.717) is 25.3 Å². The number of carbonyl (C=O) groups is 1. The molecule has 3 rings (SSSR count). The number of halogens is 2. The zero-order chi connectivity index (χ0) is 18.2. The van der Waals surface area contributed by atoms with Crippen LogP contribution in [-0.4, -0.2) is 55.4 Å². The van der Waals surface area contributed by atoms with E-state index in [1.165, 1.54) is 0 Å². The Bertz CT molecular complexity index is 698. The topological polar surface area (TPSA) is 75.7 Å². The van der Waals surface area contributed by atoms with E-state index in [1.807, 2.05) is 30.3 Å². The third kappa shape index (κ3) is 7.07. The molecule has 2 amide bonds. The fourth-order valence-electron chi connectivity index (χ4n) is 2.78. The van der Waals surface area contributed by atoms with Crippen LogP contribution in [0.2, 0.25) is 0 Å². The summed E-state index contributed by atoms with van der Waals surface area (Å²) in [6, 6.07) is 11.2. The summed E-state index contributed by atoms with van der Waals surface area (Å²) in [5, 5.41) is 6.23. The lowest BCUT2D eigenvalue weighted by molar-refractivity contribution is 0.139. The lowest BCUT2D eigenvalue weighted by atomic mass is 10.1. The van der Waals surface area contributed by atoms with E-state index in [4.69, 9.17) is 9.47 Å². The molecule has 1 unspecified atom stereocenters. The number of amides is 2. The minimum atomic E-state index is -0.491. The second kappa shape index (κ2) is 12.3. The Kier molecular flexibility index (Phi) is 10.4. The quantitative estimate of drug-likeness (QED) is 0.691. The molecule has 7 nitrogen and oxygen atoms in total. The summed E-state index contributed by atoms with van der Waals surface area (Å²) in [6.07, 6.45) is 3.37. The Morgan fingerprint density at radius 3 is 2.50 bits per heavy atom. The van der Waals surface area contributed by atoms with Crippen molar-refractivity contribution in [3.8, 4) is 11.5 Å². The van der Waals surface area contributed by atoms with Crippen molar-refractivity contribution in [1.29, 1.82) is 0 Å². The van der Waals surface area contributed by atoms with E-state index in [9.17, 15) is 4.79 Å². The van der Waals surface area contributed by atoms with Crippen molar-refractivity contribution >= 4 is 30.8 Å². The second-order valence-corrected chi connectivity index (χ2v) is 6.03. The zero-order valence-electron chi connectivity index (χ0n) is 15.7. The first-order valence-electron chi connectivity index (χ1n) is 8.70. The molecule has 1 aromatic carbocycles.